The predicted octanol–water partition coefficient (Wildman–Crippen LogP) is 5.07. The Hall–Kier alpha value is -1.70. The van der Waals surface area contributed by atoms with Crippen LogP contribution in [0.5, 0.6) is 0 Å². The predicted molar refractivity (Wildman–Crippen MR) is 126 cm³/mol. The van der Waals surface area contributed by atoms with Gasteiger partial charge in [-0.3, -0.25) is 0 Å². The molecule has 7 heteroatoms. The molecule has 0 aliphatic carbocycles. The molecule has 0 saturated carbocycles. The third kappa shape index (κ3) is 6.14. The molecule has 158 valence electrons. The van der Waals surface area contributed by atoms with Crippen LogP contribution in [0.15, 0.2) is 36.5 Å². The molecular weight excluding hydrogens is 400 g/mol. The van der Waals surface area contributed by atoms with Crippen molar-refractivity contribution in [3.05, 3.63) is 52.7 Å². The van der Waals surface area contributed by atoms with Gasteiger partial charge in [0.05, 0.1) is 29.3 Å². The van der Waals surface area contributed by atoms with Crippen LogP contribution in [-0.2, 0) is 12.3 Å². The molecule has 0 fully saturated rings. The highest BCUT2D eigenvalue weighted by Gasteiger charge is 2.27. The number of anilines is 1. The van der Waals surface area contributed by atoms with Gasteiger partial charge in [0, 0.05) is 18.0 Å². The summed E-state index contributed by atoms with van der Waals surface area (Å²) in [7, 11) is 0. The average molecular weight is 433 g/mol. The zero-order chi connectivity index (χ0) is 20.9. The van der Waals surface area contributed by atoms with Crippen LogP contribution in [0.4, 0.5) is 5.13 Å². The van der Waals surface area contributed by atoms with Crippen molar-refractivity contribution in [2.75, 3.05) is 11.9 Å². The smallest absolute Gasteiger partial charge is 0.183 e. The van der Waals surface area contributed by atoms with Gasteiger partial charge >= 0.3 is 0 Å². The molecule has 1 atom stereocenters. The molecule has 5 nitrogen and oxygen atoms in total. The molecule has 3 rings (SSSR count). The SMILES string of the molecule is CCCC(C)Nc1nc2c(s1)CN(SCc1ccccc1)C=C2NC(C)(C)CO. The molecule has 2 aromatic rings. The number of aliphatic hydroxyl groups is 1. The fourth-order valence-electron chi connectivity index (χ4n) is 3.15. The number of thiazole rings is 1. The summed E-state index contributed by atoms with van der Waals surface area (Å²) in [6.45, 7) is 9.29. The summed E-state index contributed by atoms with van der Waals surface area (Å²) in [5.74, 6) is 0.917. The van der Waals surface area contributed by atoms with Crippen molar-refractivity contribution in [3.63, 3.8) is 0 Å². The first-order valence-electron chi connectivity index (χ1n) is 10.2. The van der Waals surface area contributed by atoms with Crippen LogP contribution in [-0.4, -0.2) is 32.6 Å². The molecule has 2 heterocycles. The van der Waals surface area contributed by atoms with E-state index in [-0.39, 0.29) is 6.61 Å². The lowest BCUT2D eigenvalue weighted by atomic mass is 10.1. The molecule has 0 bridgehead atoms. The van der Waals surface area contributed by atoms with E-state index in [4.69, 9.17) is 4.98 Å². The minimum atomic E-state index is -0.414. The van der Waals surface area contributed by atoms with Crippen LogP contribution in [0, 0.1) is 0 Å². The van der Waals surface area contributed by atoms with Crippen molar-refractivity contribution in [2.45, 2.75) is 64.4 Å². The molecule has 3 N–H and O–H groups in total. The molecular formula is C22H32N4OS2. The van der Waals surface area contributed by atoms with Gasteiger partial charge in [0.1, 0.15) is 5.69 Å². The maximum atomic E-state index is 9.74. The van der Waals surface area contributed by atoms with Crippen molar-refractivity contribution < 1.29 is 5.11 Å². The van der Waals surface area contributed by atoms with E-state index in [1.807, 2.05) is 19.9 Å². The molecule has 0 spiro atoms. The maximum Gasteiger partial charge on any atom is 0.183 e. The van der Waals surface area contributed by atoms with Crippen molar-refractivity contribution in [1.82, 2.24) is 14.6 Å². The zero-order valence-corrected chi connectivity index (χ0v) is 19.4. The first-order chi connectivity index (χ1) is 13.9. The first-order valence-corrected chi connectivity index (χ1v) is 12.0. The Bertz CT molecular complexity index is 819. The Morgan fingerprint density at radius 2 is 2.07 bits per heavy atom. The van der Waals surface area contributed by atoms with Crippen LogP contribution in [0.25, 0.3) is 5.70 Å². The van der Waals surface area contributed by atoms with E-state index in [1.54, 1.807) is 23.3 Å². The quantitative estimate of drug-likeness (QED) is 0.456. The van der Waals surface area contributed by atoms with Crippen LogP contribution in [0.2, 0.25) is 0 Å². The number of rotatable bonds is 10. The normalized spacial score (nSPS) is 14.9. The summed E-state index contributed by atoms with van der Waals surface area (Å²) >= 11 is 3.53. The number of nitrogens with zero attached hydrogens (tertiary/aromatic N) is 2. The van der Waals surface area contributed by atoms with E-state index in [1.165, 1.54) is 10.4 Å². The number of hydrogen-bond donors (Lipinski definition) is 3. The third-order valence-electron chi connectivity index (χ3n) is 4.72. The summed E-state index contributed by atoms with van der Waals surface area (Å²) in [4.78, 5) is 6.13. The third-order valence-corrected chi connectivity index (χ3v) is 6.72. The Balaban J connectivity index is 1.79. The summed E-state index contributed by atoms with van der Waals surface area (Å²) < 4.78 is 2.27. The number of aliphatic hydroxyl groups excluding tert-OH is 1. The maximum absolute atomic E-state index is 9.74. The molecule has 1 aromatic carbocycles. The first kappa shape index (κ1) is 22.0. The highest BCUT2D eigenvalue weighted by molar-refractivity contribution is 7.96. The van der Waals surface area contributed by atoms with E-state index in [0.29, 0.717) is 6.04 Å². The van der Waals surface area contributed by atoms with Crippen molar-refractivity contribution >= 4 is 34.1 Å². The lowest BCUT2D eigenvalue weighted by Gasteiger charge is -2.31. The van der Waals surface area contributed by atoms with Gasteiger partial charge in [-0.15, -0.1) is 0 Å². The van der Waals surface area contributed by atoms with E-state index in [2.05, 4.69) is 59.3 Å². The molecule has 0 radical (unpaired) electrons. The fraction of sp³-hybridized carbons (Fsp3) is 0.500. The number of nitrogens with one attached hydrogen (secondary N) is 2. The fourth-order valence-corrected chi connectivity index (χ4v) is 5.23. The highest BCUT2D eigenvalue weighted by Crippen LogP contribution is 2.36. The van der Waals surface area contributed by atoms with Crippen LogP contribution < -0.4 is 10.6 Å². The number of fused-ring (bicyclic) bond motifs is 1. The molecule has 1 unspecified atom stereocenters. The number of benzene rings is 1. The van der Waals surface area contributed by atoms with E-state index in [9.17, 15) is 5.11 Å². The average Bonchev–Trinajstić information content (AvgIpc) is 3.09. The number of hydrogen-bond acceptors (Lipinski definition) is 7. The second kappa shape index (κ2) is 9.87. The zero-order valence-electron chi connectivity index (χ0n) is 17.7. The molecule has 1 aromatic heterocycles. The Labute approximate surface area is 182 Å². The van der Waals surface area contributed by atoms with Gasteiger partial charge in [-0.2, -0.15) is 0 Å². The van der Waals surface area contributed by atoms with Crippen molar-refractivity contribution in [3.8, 4) is 0 Å². The summed E-state index contributed by atoms with van der Waals surface area (Å²) in [5, 5.41) is 17.7. The molecule has 1 aliphatic heterocycles. The lowest BCUT2D eigenvalue weighted by Crippen LogP contribution is -2.42. The van der Waals surface area contributed by atoms with E-state index < -0.39 is 5.54 Å². The summed E-state index contributed by atoms with van der Waals surface area (Å²) in [6.07, 6.45) is 4.41. The monoisotopic (exact) mass is 432 g/mol. The van der Waals surface area contributed by atoms with E-state index >= 15 is 0 Å². The van der Waals surface area contributed by atoms with Gasteiger partial charge in [0.2, 0.25) is 0 Å². The van der Waals surface area contributed by atoms with Gasteiger partial charge in [-0.05, 0) is 44.7 Å². The largest absolute Gasteiger partial charge is 0.394 e. The summed E-state index contributed by atoms with van der Waals surface area (Å²) in [6, 6.07) is 10.9. The van der Waals surface area contributed by atoms with Gasteiger partial charge in [0.15, 0.2) is 5.13 Å². The minimum absolute atomic E-state index is 0.0552. The topological polar surface area (TPSA) is 60.4 Å². The van der Waals surface area contributed by atoms with Gasteiger partial charge in [-0.25, -0.2) is 4.98 Å². The highest BCUT2D eigenvalue weighted by atomic mass is 32.2. The second-order valence-corrected chi connectivity index (χ2v) is 10.3. The van der Waals surface area contributed by atoms with Crippen molar-refractivity contribution in [2.24, 2.45) is 0 Å². The Morgan fingerprint density at radius 1 is 1.31 bits per heavy atom. The van der Waals surface area contributed by atoms with Crippen LogP contribution in [0.3, 0.4) is 0 Å². The Kier molecular flexibility index (Phi) is 7.49. The van der Waals surface area contributed by atoms with Gasteiger partial charge in [-0.1, -0.05) is 55.0 Å². The molecule has 0 saturated heterocycles. The lowest BCUT2D eigenvalue weighted by molar-refractivity contribution is 0.203. The number of aromatic nitrogens is 1. The van der Waals surface area contributed by atoms with Gasteiger partial charge < -0.3 is 20.0 Å². The molecule has 1 aliphatic rings. The minimum Gasteiger partial charge on any atom is -0.394 e. The van der Waals surface area contributed by atoms with Crippen LogP contribution in [0.1, 0.15) is 56.7 Å². The second-order valence-electron chi connectivity index (χ2n) is 8.17. The van der Waals surface area contributed by atoms with Crippen molar-refractivity contribution in [1.29, 1.82) is 0 Å². The standard InChI is InChI=1S/C22H32N4OS2/c1-5-9-16(2)23-21-24-20-18(25-22(3,4)15-27)12-26(13-19(20)29-21)28-14-17-10-7-6-8-11-17/h6-8,10-12,16,25,27H,5,9,13-15H2,1-4H3,(H,23,24). The molecule has 29 heavy (non-hydrogen) atoms. The molecule has 0 amide bonds. The summed E-state index contributed by atoms with van der Waals surface area (Å²) in [5.41, 5.74) is 2.86. The van der Waals surface area contributed by atoms with Gasteiger partial charge in [0.25, 0.3) is 0 Å². The van der Waals surface area contributed by atoms with Crippen LogP contribution >= 0.6 is 23.3 Å². The van der Waals surface area contributed by atoms with E-state index in [0.717, 1.165) is 41.7 Å². The Morgan fingerprint density at radius 3 is 2.76 bits per heavy atom.